The van der Waals surface area contributed by atoms with E-state index >= 15 is 0 Å². The van der Waals surface area contributed by atoms with Crippen molar-refractivity contribution in [1.82, 2.24) is 9.59 Å². The minimum Gasteiger partial charge on any atom is -0.372 e. The highest BCUT2D eigenvalue weighted by Crippen LogP contribution is 2.24. The Morgan fingerprint density at radius 1 is 1.62 bits per heavy atom. The first kappa shape index (κ1) is 8.86. The van der Waals surface area contributed by atoms with Crippen LogP contribution in [-0.2, 0) is 11.3 Å². The number of nitrogens with one attached hydrogen (secondary N) is 1. The van der Waals surface area contributed by atoms with Crippen LogP contribution in [0.4, 0.5) is 5.00 Å². The minimum absolute atomic E-state index is 0.423. The van der Waals surface area contributed by atoms with Crippen molar-refractivity contribution >= 4 is 16.5 Å². The van der Waals surface area contributed by atoms with Gasteiger partial charge in [-0.3, -0.25) is 0 Å². The van der Waals surface area contributed by atoms with Gasteiger partial charge in [-0.2, -0.15) is 0 Å². The number of anilines is 1. The lowest BCUT2D eigenvalue weighted by Crippen LogP contribution is -2.21. The highest BCUT2D eigenvalue weighted by molar-refractivity contribution is 7.10. The topological polar surface area (TPSA) is 73.1 Å². The van der Waals surface area contributed by atoms with Gasteiger partial charge in [0.1, 0.15) is 10.7 Å². The summed E-state index contributed by atoms with van der Waals surface area (Å²) in [4.78, 5) is 0. The van der Waals surface area contributed by atoms with E-state index in [2.05, 4.69) is 15.0 Å². The number of nitrogen functional groups attached to an aromatic ring is 1. The van der Waals surface area contributed by atoms with Gasteiger partial charge in [0.05, 0.1) is 12.7 Å². The van der Waals surface area contributed by atoms with Crippen molar-refractivity contribution in [3.8, 4) is 0 Å². The molecule has 5 nitrogen and oxygen atoms in total. The van der Waals surface area contributed by atoms with Gasteiger partial charge in [0.15, 0.2) is 0 Å². The summed E-state index contributed by atoms with van der Waals surface area (Å²) in [6, 6.07) is 0. The number of aromatic nitrogens is 2. The van der Waals surface area contributed by atoms with E-state index in [9.17, 15) is 0 Å². The van der Waals surface area contributed by atoms with E-state index in [-0.39, 0.29) is 0 Å². The monoisotopic (exact) mass is 200 g/mol. The van der Waals surface area contributed by atoms with Crippen LogP contribution in [0.5, 0.6) is 0 Å². The molecule has 1 heterocycles. The zero-order valence-electron chi connectivity index (χ0n) is 7.19. The highest BCUT2D eigenvalue weighted by Gasteiger charge is 2.19. The molecule has 0 amide bonds. The van der Waals surface area contributed by atoms with Gasteiger partial charge in [-0.1, -0.05) is 4.49 Å². The molecule has 0 radical (unpaired) electrons. The Hall–Kier alpha value is -0.720. The number of hydrogen-bond acceptors (Lipinski definition) is 6. The zero-order valence-corrected chi connectivity index (χ0v) is 8.01. The molecule has 1 saturated carbocycles. The van der Waals surface area contributed by atoms with Gasteiger partial charge in [0.25, 0.3) is 0 Å². The molecule has 1 fully saturated rings. The van der Waals surface area contributed by atoms with Crippen molar-refractivity contribution in [3.05, 3.63) is 5.69 Å². The summed E-state index contributed by atoms with van der Waals surface area (Å²) < 4.78 is 9.36. The van der Waals surface area contributed by atoms with Crippen LogP contribution in [0.1, 0.15) is 25.0 Å². The Bertz CT molecular complexity index is 273. The molecule has 1 aromatic heterocycles. The molecule has 0 bridgehead atoms. The Labute approximate surface area is 80.4 Å². The van der Waals surface area contributed by atoms with Crippen molar-refractivity contribution in [3.63, 3.8) is 0 Å². The molecule has 1 aliphatic carbocycles. The third-order valence-corrected chi connectivity index (χ3v) is 2.89. The van der Waals surface area contributed by atoms with Gasteiger partial charge in [0.2, 0.25) is 0 Å². The highest BCUT2D eigenvalue weighted by atomic mass is 32.1. The molecule has 1 aromatic rings. The predicted molar refractivity (Wildman–Crippen MR) is 50.1 cm³/mol. The minimum atomic E-state index is 0.423. The molecule has 2 rings (SSSR count). The molecule has 0 spiro atoms. The lowest BCUT2D eigenvalue weighted by molar-refractivity contribution is -0.00986. The fraction of sp³-hybridized carbons (Fsp3) is 0.714. The number of hydrogen-bond donors (Lipinski definition) is 2. The lowest BCUT2D eigenvalue weighted by atomic mass is 9.96. The Morgan fingerprint density at radius 3 is 3.08 bits per heavy atom. The third-order valence-electron chi connectivity index (χ3n) is 2.19. The number of ether oxygens (including phenoxy) is 1. The number of rotatable bonds is 4. The molecule has 6 heteroatoms. The molecule has 13 heavy (non-hydrogen) atoms. The van der Waals surface area contributed by atoms with Crippen molar-refractivity contribution < 1.29 is 4.74 Å². The molecule has 0 saturated heterocycles. The van der Waals surface area contributed by atoms with Crippen molar-refractivity contribution in [2.75, 3.05) is 5.43 Å². The fourth-order valence-corrected chi connectivity index (χ4v) is 1.63. The molecule has 0 unspecified atom stereocenters. The Balaban J connectivity index is 1.85. The van der Waals surface area contributed by atoms with Gasteiger partial charge < -0.3 is 10.2 Å². The van der Waals surface area contributed by atoms with Gasteiger partial charge >= 0.3 is 0 Å². The number of nitrogens with two attached hydrogens (primary N) is 1. The van der Waals surface area contributed by atoms with Gasteiger partial charge in [-0.25, -0.2) is 5.84 Å². The van der Waals surface area contributed by atoms with Crippen LogP contribution in [0, 0.1) is 0 Å². The third kappa shape index (κ3) is 1.96. The normalized spacial score (nSPS) is 17.0. The van der Waals surface area contributed by atoms with Crippen LogP contribution < -0.4 is 11.3 Å². The summed E-state index contributed by atoms with van der Waals surface area (Å²) in [7, 11) is 0. The maximum Gasteiger partial charge on any atom is 0.149 e. The zero-order chi connectivity index (χ0) is 9.10. The second kappa shape index (κ2) is 3.99. The molecule has 1 aliphatic rings. The molecule has 3 N–H and O–H groups in total. The summed E-state index contributed by atoms with van der Waals surface area (Å²) >= 11 is 1.25. The summed E-state index contributed by atoms with van der Waals surface area (Å²) in [5.41, 5.74) is 3.35. The number of hydrazine groups is 1. The molecule has 0 aromatic carbocycles. The van der Waals surface area contributed by atoms with E-state index in [1.165, 1.54) is 30.8 Å². The molecule has 0 atom stereocenters. The van der Waals surface area contributed by atoms with Gasteiger partial charge in [-0.15, -0.1) is 5.10 Å². The van der Waals surface area contributed by atoms with Crippen molar-refractivity contribution in [2.45, 2.75) is 32.0 Å². The maximum absolute atomic E-state index is 5.57. The quantitative estimate of drug-likeness (QED) is 0.558. The molecular formula is C7H12N4OS. The first-order chi connectivity index (χ1) is 6.40. The molecule has 72 valence electrons. The average molecular weight is 200 g/mol. The first-order valence-electron chi connectivity index (χ1n) is 4.29. The second-order valence-electron chi connectivity index (χ2n) is 3.06. The summed E-state index contributed by atoms with van der Waals surface area (Å²) in [6.07, 6.45) is 4.04. The van der Waals surface area contributed by atoms with E-state index in [4.69, 9.17) is 10.6 Å². The standard InChI is InChI=1S/C7H12N4OS/c8-9-7-6(10-11-13-7)4-12-5-2-1-3-5/h5,9H,1-4,8H2. The van der Waals surface area contributed by atoms with Crippen LogP contribution in [0.15, 0.2) is 0 Å². The largest absolute Gasteiger partial charge is 0.372 e. The molecular weight excluding hydrogens is 188 g/mol. The maximum atomic E-state index is 5.57. The fourth-order valence-electron chi connectivity index (χ4n) is 1.15. The van der Waals surface area contributed by atoms with E-state index < -0.39 is 0 Å². The Kier molecular flexibility index (Phi) is 2.72. The van der Waals surface area contributed by atoms with E-state index in [1.807, 2.05) is 0 Å². The number of nitrogens with zero attached hydrogens (tertiary/aromatic N) is 2. The second-order valence-corrected chi connectivity index (χ2v) is 3.81. The molecule has 0 aliphatic heterocycles. The van der Waals surface area contributed by atoms with E-state index in [0.29, 0.717) is 12.7 Å². The van der Waals surface area contributed by atoms with E-state index in [1.54, 1.807) is 0 Å². The smallest absolute Gasteiger partial charge is 0.149 e. The summed E-state index contributed by atoms with van der Waals surface area (Å²) in [6.45, 7) is 0.515. The van der Waals surface area contributed by atoms with Crippen molar-refractivity contribution in [2.24, 2.45) is 5.84 Å². The SMILES string of the molecule is NNc1snnc1COC1CCC1. The van der Waals surface area contributed by atoms with Crippen LogP contribution in [-0.4, -0.2) is 15.7 Å². The van der Waals surface area contributed by atoms with Crippen LogP contribution in [0.25, 0.3) is 0 Å². The van der Waals surface area contributed by atoms with Crippen LogP contribution in [0.2, 0.25) is 0 Å². The van der Waals surface area contributed by atoms with Crippen molar-refractivity contribution in [1.29, 1.82) is 0 Å². The average Bonchev–Trinajstić information content (AvgIpc) is 2.49. The van der Waals surface area contributed by atoms with Crippen LogP contribution in [0.3, 0.4) is 0 Å². The summed E-state index contributed by atoms with van der Waals surface area (Å²) in [5, 5.41) is 4.71. The van der Waals surface area contributed by atoms with Gasteiger partial charge in [0, 0.05) is 11.5 Å². The first-order valence-corrected chi connectivity index (χ1v) is 5.07. The lowest BCUT2D eigenvalue weighted by Gasteiger charge is -2.24. The summed E-state index contributed by atoms with van der Waals surface area (Å²) in [5.74, 6) is 5.27. The van der Waals surface area contributed by atoms with Gasteiger partial charge in [-0.05, 0) is 19.3 Å². The predicted octanol–water partition coefficient (Wildman–Crippen LogP) is 0.893. The Morgan fingerprint density at radius 2 is 2.46 bits per heavy atom. The van der Waals surface area contributed by atoms with E-state index in [0.717, 1.165) is 10.7 Å². The van der Waals surface area contributed by atoms with Crippen LogP contribution >= 0.6 is 11.5 Å².